The van der Waals surface area contributed by atoms with Gasteiger partial charge in [-0.25, -0.2) is 0 Å². The van der Waals surface area contributed by atoms with Gasteiger partial charge < -0.3 is 10.2 Å². The Hall–Kier alpha value is -2.68. The lowest BCUT2D eigenvalue weighted by atomic mass is 10.1. The van der Waals surface area contributed by atoms with Crippen LogP contribution < -0.4 is 5.32 Å². The number of carbonyl (C=O) groups is 2. The Kier molecular flexibility index (Phi) is 6.91. The molecule has 156 valence electrons. The van der Waals surface area contributed by atoms with Gasteiger partial charge in [-0.05, 0) is 37.3 Å². The van der Waals surface area contributed by atoms with Crippen molar-refractivity contribution in [1.82, 2.24) is 19.7 Å². The zero-order valence-electron chi connectivity index (χ0n) is 16.3. The highest BCUT2D eigenvalue weighted by Gasteiger charge is 2.18. The van der Waals surface area contributed by atoms with Crippen LogP contribution in [0.2, 0.25) is 10.0 Å². The number of para-hydroxylation sites is 1. The van der Waals surface area contributed by atoms with Crippen LogP contribution in [0.1, 0.15) is 5.56 Å². The molecule has 3 rings (SSSR count). The van der Waals surface area contributed by atoms with E-state index >= 15 is 0 Å². The quantitative estimate of drug-likeness (QED) is 0.533. The molecule has 1 heterocycles. The number of halogens is 2. The van der Waals surface area contributed by atoms with Crippen LogP contribution in [0, 0.1) is 11.7 Å². The Morgan fingerprint density at radius 2 is 1.87 bits per heavy atom. The number of hydrogen-bond acceptors (Lipinski definition) is 4. The molecule has 0 saturated heterocycles. The average molecular weight is 464 g/mol. The van der Waals surface area contributed by atoms with Gasteiger partial charge in [0, 0.05) is 12.6 Å². The average Bonchev–Trinajstić information content (AvgIpc) is 3.05. The molecule has 0 atom stereocenters. The zero-order valence-corrected chi connectivity index (χ0v) is 18.6. The summed E-state index contributed by atoms with van der Waals surface area (Å²) < 4.78 is 1.92. The van der Waals surface area contributed by atoms with Gasteiger partial charge in [-0.3, -0.25) is 19.3 Å². The molecule has 0 unspecified atom stereocenters. The first-order valence-electron chi connectivity index (χ1n) is 8.96. The van der Waals surface area contributed by atoms with Crippen LogP contribution in [0.15, 0.2) is 42.5 Å². The molecule has 1 aromatic heterocycles. The highest BCUT2D eigenvalue weighted by molar-refractivity contribution is 7.71. The van der Waals surface area contributed by atoms with Crippen LogP contribution in [0.3, 0.4) is 0 Å². The van der Waals surface area contributed by atoms with Crippen LogP contribution in [0.5, 0.6) is 0 Å². The predicted octanol–water partition coefficient (Wildman–Crippen LogP) is 4.32. The molecular weight excluding hydrogens is 445 g/mol. The highest BCUT2D eigenvalue weighted by Crippen LogP contribution is 2.29. The second-order valence-corrected chi connectivity index (χ2v) is 7.90. The van der Waals surface area contributed by atoms with E-state index in [0.29, 0.717) is 26.3 Å². The number of H-pyrrole nitrogens is 1. The predicted molar refractivity (Wildman–Crippen MR) is 120 cm³/mol. The minimum atomic E-state index is -0.421. The monoisotopic (exact) mass is 463 g/mol. The van der Waals surface area contributed by atoms with Gasteiger partial charge in [-0.15, -0.1) is 0 Å². The Balaban J connectivity index is 1.70. The lowest BCUT2D eigenvalue weighted by Gasteiger charge is -2.18. The van der Waals surface area contributed by atoms with Gasteiger partial charge in [0.15, 0.2) is 10.6 Å². The molecule has 0 radical (unpaired) electrons. The zero-order chi connectivity index (χ0) is 21.8. The molecule has 0 aliphatic rings. The van der Waals surface area contributed by atoms with Crippen LogP contribution in [0.4, 0.5) is 5.69 Å². The Morgan fingerprint density at radius 3 is 2.53 bits per heavy atom. The maximum Gasteiger partial charge on any atom is 0.244 e. The molecule has 7 nitrogen and oxygen atoms in total. The van der Waals surface area contributed by atoms with Crippen molar-refractivity contribution in [3.63, 3.8) is 0 Å². The summed E-state index contributed by atoms with van der Waals surface area (Å²) in [6.07, 6.45) is 0. The van der Waals surface area contributed by atoms with Crippen molar-refractivity contribution in [2.75, 3.05) is 18.9 Å². The van der Waals surface area contributed by atoms with E-state index in [4.69, 9.17) is 35.4 Å². The lowest BCUT2D eigenvalue weighted by Crippen LogP contribution is -2.37. The molecule has 10 heteroatoms. The van der Waals surface area contributed by atoms with Crippen molar-refractivity contribution < 1.29 is 9.59 Å². The molecule has 0 bridgehead atoms. The summed E-state index contributed by atoms with van der Waals surface area (Å²) in [5, 5.41) is 10.2. The number of anilines is 1. The smallest absolute Gasteiger partial charge is 0.244 e. The second kappa shape index (κ2) is 9.42. The van der Waals surface area contributed by atoms with E-state index in [-0.39, 0.29) is 19.0 Å². The van der Waals surface area contributed by atoms with Crippen LogP contribution >= 0.6 is 35.4 Å². The number of rotatable bonds is 6. The van der Waals surface area contributed by atoms with Crippen molar-refractivity contribution >= 4 is 52.9 Å². The van der Waals surface area contributed by atoms with Gasteiger partial charge >= 0.3 is 0 Å². The molecule has 2 amide bonds. The van der Waals surface area contributed by atoms with E-state index < -0.39 is 5.91 Å². The molecule has 0 aliphatic carbocycles. The fourth-order valence-electron chi connectivity index (χ4n) is 2.82. The number of aryl methyl sites for hydroxylation is 1. The van der Waals surface area contributed by atoms with Crippen LogP contribution in [0.25, 0.3) is 11.4 Å². The Labute approximate surface area is 188 Å². The number of nitrogens with one attached hydrogen (secondary N) is 2. The SMILES string of the molecule is Cc1cccc(-c2n[nH]c(=S)n2CC(=O)N(C)CC(=O)Nc2c(Cl)cccc2Cl)c1. The fraction of sp³-hybridized carbons (Fsp3) is 0.200. The van der Waals surface area contributed by atoms with E-state index in [1.165, 1.54) is 11.9 Å². The van der Waals surface area contributed by atoms with Gasteiger partial charge in [-0.1, -0.05) is 53.0 Å². The molecule has 2 N–H and O–H groups in total. The fourth-order valence-corrected chi connectivity index (χ4v) is 3.51. The van der Waals surface area contributed by atoms with Gasteiger partial charge in [0.1, 0.15) is 6.54 Å². The third-order valence-corrected chi connectivity index (χ3v) is 5.30. The molecule has 0 saturated carbocycles. The highest BCUT2D eigenvalue weighted by atomic mass is 35.5. The number of amides is 2. The topological polar surface area (TPSA) is 83.0 Å². The first-order valence-corrected chi connectivity index (χ1v) is 10.1. The van der Waals surface area contributed by atoms with Gasteiger partial charge in [-0.2, -0.15) is 5.10 Å². The molecule has 2 aromatic carbocycles. The summed E-state index contributed by atoms with van der Waals surface area (Å²) in [7, 11) is 1.53. The Morgan fingerprint density at radius 1 is 1.20 bits per heavy atom. The number of aromatic amines is 1. The molecule has 3 aromatic rings. The molecule has 0 spiro atoms. The normalized spacial score (nSPS) is 10.7. The van der Waals surface area contributed by atoms with Gasteiger partial charge in [0.05, 0.1) is 22.3 Å². The molecule has 0 aliphatic heterocycles. The molecule has 0 fully saturated rings. The molecule has 30 heavy (non-hydrogen) atoms. The maximum atomic E-state index is 12.7. The summed E-state index contributed by atoms with van der Waals surface area (Å²) in [4.78, 5) is 26.4. The van der Waals surface area contributed by atoms with Crippen LogP contribution in [-0.2, 0) is 16.1 Å². The number of hydrogen-bond donors (Lipinski definition) is 2. The van der Waals surface area contributed by atoms with Crippen molar-refractivity contribution in [3.05, 3.63) is 62.8 Å². The summed E-state index contributed by atoms with van der Waals surface area (Å²) >= 11 is 17.4. The minimum absolute atomic E-state index is 0.0603. The van der Waals surface area contributed by atoms with E-state index in [1.54, 1.807) is 22.8 Å². The Bertz CT molecular complexity index is 1140. The largest absolute Gasteiger partial charge is 0.335 e. The maximum absolute atomic E-state index is 12.7. The summed E-state index contributed by atoms with van der Waals surface area (Å²) in [6, 6.07) is 12.6. The van der Waals surface area contributed by atoms with Crippen molar-refractivity contribution in [2.45, 2.75) is 13.5 Å². The van der Waals surface area contributed by atoms with Crippen LogP contribution in [-0.4, -0.2) is 45.1 Å². The molecular formula is C20H19Cl2N5O2S. The third kappa shape index (κ3) is 5.08. The van der Waals surface area contributed by atoms with E-state index in [1.807, 2.05) is 31.2 Å². The van der Waals surface area contributed by atoms with Gasteiger partial charge in [0.2, 0.25) is 11.8 Å². The number of nitrogens with zero attached hydrogens (tertiary/aromatic N) is 3. The second-order valence-electron chi connectivity index (χ2n) is 6.70. The number of benzene rings is 2. The van der Waals surface area contributed by atoms with Crippen molar-refractivity contribution in [2.24, 2.45) is 0 Å². The number of carbonyl (C=O) groups excluding carboxylic acids is 2. The summed E-state index contributed by atoms with van der Waals surface area (Å²) in [6.45, 7) is 1.73. The number of aromatic nitrogens is 3. The summed E-state index contributed by atoms with van der Waals surface area (Å²) in [5.41, 5.74) is 2.21. The lowest BCUT2D eigenvalue weighted by molar-refractivity contribution is -0.133. The van der Waals surface area contributed by atoms with E-state index in [9.17, 15) is 9.59 Å². The van der Waals surface area contributed by atoms with Crippen molar-refractivity contribution in [3.8, 4) is 11.4 Å². The number of likely N-dealkylation sites (N-methyl/N-ethyl adjacent to an activating group) is 1. The third-order valence-electron chi connectivity index (χ3n) is 4.36. The first-order chi connectivity index (χ1) is 14.3. The van der Waals surface area contributed by atoms with E-state index in [2.05, 4.69) is 15.5 Å². The van der Waals surface area contributed by atoms with Crippen molar-refractivity contribution in [1.29, 1.82) is 0 Å². The summed E-state index contributed by atoms with van der Waals surface area (Å²) in [5.74, 6) is -0.171. The van der Waals surface area contributed by atoms with E-state index in [0.717, 1.165) is 11.1 Å². The standard InChI is InChI=1S/C20H19Cl2N5O2S/c1-12-5-3-6-13(9-12)19-24-25-20(30)27(19)11-17(29)26(2)10-16(28)23-18-14(21)7-4-8-15(18)22/h3-9H,10-11H2,1-2H3,(H,23,28)(H,25,30). The first kappa shape index (κ1) is 22.0. The van der Waals surface area contributed by atoms with Gasteiger partial charge in [0.25, 0.3) is 0 Å². The minimum Gasteiger partial charge on any atom is -0.335 e.